The first-order chi connectivity index (χ1) is 13.3. The summed E-state index contributed by atoms with van der Waals surface area (Å²) in [5.74, 6) is -0.499. The first-order valence-corrected chi connectivity index (χ1v) is 9.72. The van der Waals surface area contributed by atoms with Gasteiger partial charge in [-0.25, -0.2) is 4.79 Å². The van der Waals surface area contributed by atoms with Gasteiger partial charge in [0.25, 0.3) is 5.91 Å². The molecule has 1 aliphatic rings. The predicted octanol–water partition coefficient (Wildman–Crippen LogP) is 0.727. The third kappa shape index (κ3) is 9.17. The molecule has 2 rings (SSSR count). The van der Waals surface area contributed by atoms with Crippen molar-refractivity contribution in [2.75, 3.05) is 7.05 Å². The van der Waals surface area contributed by atoms with Gasteiger partial charge in [0.2, 0.25) is 0 Å². The predicted molar refractivity (Wildman–Crippen MR) is 113 cm³/mol. The molecule has 156 valence electrons. The highest BCUT2D eigenvalue weighted by molar-refractivity contribution is 6.61. The minimum absolute atomic E-state index is 0.197. The molecule has 0 bridgehead atoms. The van der Waals surface area contributed by atoms with Crippen molar-refractivity contribution in [2.45, 2.75) is 59.6 Å². The van der Waals surface area contributed by atoms with E-state index in [-0.39, 0.29) is 24.3 Å². The molecular formula is C20H35BN3O4+. The smallest absolute Gasteiger partial charge is 0.423 e. The molecule has 0 spiro atoms. The van der Waals surface area contributed by atoms with E-state index in [1.807, 2.05) is 20.9 Å². The second-order valence-electron chi connectivity index (χ2n) is 6.30. The van der Waals surface area contributed by atoms with Crippen molar-refractivity contribution < 1.29 is 25.0 Å². The number of benzene rings is 1. The molecule has 0 saturated heterocycles. The Hall–Kier alpha value is -2.16. The van der Waals surface area contributed by atoms with Crippen LogP contribution in [-0.2, 0) is 16.1 Å². The number of hydrogen-bond donors (Lipinski definition) is 4. The number of allylic oxidation sites excluding steroid dienone is 1. The van der Waals surface area contributed by atoms with Crippen molar-refractivity contribution in [3.63, 3.8) is 0 Å². The Bertz CT molecular complexity index is 652. The first-order valence-electron chi connectivity index (χ1n) is 9.72. The SMILES string of the molecule is C=C(CCC)NC.CC.CC(CC([NH3+])=O)NC(=O)c1ccc2c(c1)B(O)OC2. The largest absolute Gasteiger partial charge is 0.491 e. The minimum Gasteiger partial charge on any atom is -0.423 e. The van der Waals surface area contributed by atoms with Crippen LogP contribution in [0.1, 0.15) is 62.9 Å². The number of carbonyl (C=O) groups is 2. The monoisotopic (exact) mass is 392 g/mol. The summed E-state index contributed by atoms with van der Waals surface area (Å²) >= 11 is 0. The minimum atomic E-state index is -0.971. The topological polar surface area (TPSA) is 115 Å². The van der Waals surface area contributed by atoms with Crippen molar-refractivity contribution >= 4 is 24.4 Å². The van der Waals surface area contributed by atoms with Crippen LogP contribution in [0.25, 0.3) is 0 Å². The number of rotatable bonds is 7. The molecule has 0 aromatic heterocycles. The lowest BCUT2D eigenvalue weighted by Crippen LogP contribution is -2.58. The Balaban J connectivity index is 0.000000688. The molecule has 7 nitrogen and oxygen atoms in total. The van der Waals surface area contributed by atoms with Gasteiger partial charge in [-0.15, -0.1) is 0 Å². The average Bonchev–Trinajstić information content (AvgIpc) is 3.03. The van der Waals surface area contributed by atoms with Crippen LogP contribution in [0, 0.1) is 0 Å². The fourth-order valence-electron chi connectivity index (χ4n) is 2.48. The number of amides is 2. The molecular weight excluding hydrogens is 357 g/mol. The lowest BCUT2D eigenvalue weighted by Gasteiger charge is -2.11. The summed E-state index contributed by atoms with van der Waals surface area (Å²) in [5.41, 5.74) is 6.34. The van der Waals surface area contributed by atoms with E-state index >= 15 is 0 Å². The van der Waals surface area contributed by atoms with Gasteiger partial charge >= 0.3 is 13.0 Å². The Morgan fingerprint density at radius 1 is 1.39 bits per heavy atom. The van der Waals surface area contributed by atoms with Crippen LogP contribution < -0.4 is 21.8 Å². The lowest BCUT2D eigenvalue weighted by atomic mass is 9.79. The molecule has 1 unspecified atom stereocenters. The summed E-state index contributed by atoms with van der Waals surface area (Å²) < 4.78 is 5.06. The van der Waals surface area contributed by atoms with E-state index in [4.69, 9.17) is 4.65 Å². The molecule has 0 aliphatic carbocycles. The fraction of sp³-hybridized carbons (Fsp3) is 0.500. The van der Waals surface area contributed by atoms with E-state index in [9.17, 15) is 14.6 Å². The number of fused-ring (bicyclic) bond motifs is 1. The van der Waals surface area contributed by atoms with Crippen LogP contribution in [0.2, 0.25) is 0 Å². The molecule has 0 radical (unpaired) electrons. The number of carbonyl (C=O) groups excluding carboxylic acids is 2. The second-order valence-corrected chi connectivity index (χ2v) is 6.30. The molecule has 8 heteroatoms. The zero-order valence-electron chi connectivity index (χ0n) is 17.8. The van der Waals surface area contributed by atoms with E-state index in [0.717, 1.165) is 17.7 Å². The van der Waals surface area contributed by atoms with Gasteiger partial charge in [0.15, 0.2) is 0 Å². The van der Waals surface area contributed by atoms with Crippen LogP contribution in [0.3, 0.4) is 0 Å². The number of hydrogen-bond acceptors (Lipinski definition) is 5. The van der Waals surface area contributed by atoms with Gasteiger partial charge in [0.05, 0.1) is 13.0 Å². The summed E-state index contributed by atoms with van der Waals surface area (Å²) in [6.07, 6.45) is 2.47. The lowest BCUT2D eigenvalue weighted by molar-refractivity contribution is -0.306. The van der Waals surface area contributed by atoms with Crippen molar-refractivity contribution in [3.8, 4) is 0 Å². The first kappa shape index (κ1) is 25.8. The normalized spacial score (nSPS) is 12.5. The third-order valence-corrected chi connectivity index (χ3v) is 3.89. The summed E-state index contributed by atoms with van der Waals surface area (Å²) in [7, 11) is 0.930. The Morgan fingerprint density at radius 3 is 2.54 bits per heavy atom. The van der Waals surface area contributed by atoms with Crippen LogP contribution in [0.5, 0.6) is 0 Å². The second kappa shape index (κ2) is 13.9. The highest BCUT2D eigenvalue weighted by atomic mass is 16.5. The summed E-state index contributed by atoms with van der Waals surface area (Å²) in [5, 5.41) is 15.3. The van der Waals surface area contributed by atoms with Crippen molar-refractivity contribution in [1.82, 2.24) is 10.6 Å². The molecule has 2 amide bonds. The zero-order chi connectivity index (χ0) is 21.7. The van der Waals surface area contributed by atoms with E-state index < -0.39 is 7.12 Å². The number of nitrogens with one attached hydrogen (secondary N) is 2. The van der Waals surface area contributed by atoms with Crippen molar-refractivity contribution in [2.24, 2.45) is 0 Å². The maximum atomic E-state index is 12.0. The third-order valence-electron chi connectivity index (χ3n) is 3.89. The van der Waals surface area contributed by atoms with Gasteiger partial charge in [-0.1, -0.05) is 39.8 Å². The van der Waals surface area contributed by atoms with E-state index in [2.05, 4.69) is 29.9 Å². The summed E-state index contributed by atoms with van der Waals surface area (Å²) in [4.78, 5) is 22.8. The van der Waals surface area contributed by atoms with Crippen LogP contribution in [0.15, 0.2) is 30.5 Å². The fourth-order valence-corrected chi connectivity index (χ4v) is 2.48. The zero-order valence-corrected chi connectivity index (χ0v) is 17.8. The summed E-state index contributed by atoms with van der Waals surface area (Å²) in [6, 6.07) is 4.78. The van der Waals surface area contributed by atoms with Gasteiger partial charge in [-0.3, -0.25) is 10.5 Å². The molecule has 0 fully saturated rings. The molecule has 1 heterocycles. The number of quaternary nitrogens is 1. The standard InChI is InChI=1S/C12H15BN2O4.C6H13N.C2H6/c1-7(4-11(14)16)15-12(17)8-2-3-9-6-19-13(18)10(9)5-8;1-4-5-6(2)7-3;1-2/h2-3,5,7,18H,4,6H2,1H3,(H2,14,16)(H,15,17);7H,2,4-5H2,1,3H3;1-2H3/p+1. The van der Waals surface area contributed by atoms with Gasteiger partial charge in [0, 0.05) is 24.4 Å². The molecule has 1 aromatic rings. The van der Waals surface area contributed by atoms with Gasteiger partial charge in [0.1, 0.15) is 0 Å². The molecule has 0 saturated carbocycles. The maximum Gasteiger partial charge on any atom is 0.491 e. The van der Waals surface area contributed by atoms with E-state index in [0.29, 0.717) is 17.6 Å². The van der Waals surface area contributed by atoms with E-state index in [1.54, 1.807) is 25.1 Å². The van der Waals surface area contributed by atoms with Crippen molar-refractivity contribution in [1.29, 1.82) is 0 Å². The quantitative estimate of drug-likeness (QED) is 0.511. The molecule has 1 atom stereocenters. The highest BCUT2D eigenvalue weighted by Crippen LogP contribution is 2.11. The molecule has 1 aliphatic heterocycles. The molecule has 28 heavy (non-hydrogen) atoms. The molecule has 1 aromatic carbocycles. The Morgan fingerprint density at radius 2 is 2.04 bits per heavy atom. The summed E-state index contributed by atoms with van der Waals surface area (Å²) in [6.45, 7) is 12.0. The Labute approximate surface area is 168 Å². The maximum absolute atomic E-state index is 12.0. The van der Waals surface area contributed by atoms with Crippen LogP contribution >= 0.6 is 0 Å². The van der Waals surface area contributed by atoms with Gasteiger partial charge < -0.3 is 20.3 Å². The molecule has 6 N–H and O–H groups in total. The van der Waals surface area contributed by atoms with Crippen LogP contribution in [-0.4, -0.2) is 37.0 Å². The van der Waals surface area contributed by atoms with Crippen LogP contribution in [0.4, 0.5) is 0 Å². The Kier molecular flexibility index (Phi) is 12.9. The average molecular weight is 392 g/mol. The van der Waals surface area contributed by atoms with Crippen molar-refractivity contribution in [3.05, 3.63) is 41.6 Å². The van der Waals surface area contributed by atoms with Gasteiger partial charge in [-0.2, -0.15) is 0 Å². The van der Waals surface area contributed by atoms with E-state index in [1.165, 1.54) is 6.42 Å². The van der Waals surface area contributed by atoms with Gasteiger partial charge in [-0.05, 0) is 36.5 Å². The highest BCUT2D eigenvalue weighted by Gasteiger charge is 2.28.